The van der Waals surface area contributed by atoms with Crippen LogP contribution in [0.1, 0.15) is 33.9 Å². The van der Waals surface area contributed by atoms with Crippen molar-refractivity contribution in [2.45, 2.75) is 18.9 Å². The van der Waals surface area contributed by atoms with Gasteiger partial charge in [-0.15, -0.1) is 0 Å². The zero-order chi connectivity index (χ0) is 23.8. The minimum atomic E-state index is -0.944. The molecule has 1 aromatic heterocycles. The summed E-state index contributed by atoms with van der Waals surface area (Å²) in [5.41, 5.74) is 9.72. The van der Waals surface area contributed by atoms with Crippen LogP contribution in [0.25, 0.3) is 11.0 Å². The van der Waals surface area contributed by atoms with Crippen LogP contribution in [0.4, 0.5) is 5.95 Å². The molecule has 1 atom stereocenters. The summed E-state index contributed by atoms with van der Waals surface area (Å²) in [6, 6.07) is 19.8. The van der Waals surface area contributed by atoms with E-state index in [0.29, 0.717) is 41.5 Å². The van der Waals surface area contributed by atoms with Gasteiger partial charge in [0.2, 0.25) is 5.95 Å². The predicted molar refractivity (Wildman–Crippen MR) is 128 cm³/mol. The molecule has 4 aromatic rings. The lowest BCUT2D eigenvalue weighted by molar-refractivity contribution is -0.138. The number of hydrogen-bond donors (Lipinski definition) is 2. The van der Waals surface area contributed by atoms with E-state index in [2.05, 4.69) is 4.98 Å². The third kappa shape index (κ3) is 3.83. The molecule has 3 aromatic carbocycles. The van der Waals surface area contributed by atoms with Crippen molar-refractivity contribution in [1.82, 2.24) is 14.5 Å². The molecule has 1 unspecified atom stereocenters. The number of hydrogen-bond acceptors (Lipinski definition) is 5. The zero-order valence-corrected chi connectivity index (χ0v) is 18.6. The molecule has 0 radical (unpaired) electrons. The first kappa shape index (κ1) is 21.5. The van der Waals surface area contributed by atoms with Crippen LogP contribution in [0, 0.1) is 0 Å². The molecule has 172 valence electrons. The third-order valence-corrected chi connectivity index (χ3v) is 6.26. The fourth-order valence-electron chi connectivity index (χ4n) is 4.51. The Bertz CT molecular complexity index is 1400. The fourth-order valence-corrected chi connectivity index (χ4v) is 4.51. The molecule has 0 aliphatic carbocycles. The van der Waals surface area contributed by atoms with Gasteiger partial charge in [0.15, 0.2) is 5.75 Å². The van der Waals surface area contributed by atoms with Crippen molar-refractivity contribution >= 4 is 28.9 Å². The van der Waals surface area contributed by atoms with Gasteiger partial charge in [0.25, 0.3) is 5.91 Å². The van der Waals surface area contributed by atoms with Crippen molar-refractivity contribution in [1.29, 1.82) is 0 Å². The number of fused-ring (bicyclic) bond motifs is 2. The van der Waals surface area contributed by atoms with Crippen molar-refractivity contribution in [3.05, 3.63) is 83.4 Å². The van der Waals surface area contributed by atoms with E-state index in [1.165, 1.54) is 0 Å². The average molecular weight is 457 g/mol. The summed E-state index contributed by atoms with van der Waals surface area (Å²) in [6.45, 7) is 0.425. The van der Waals surface area contributed by atoms with Gasteiger partial charge in [0, 0.05) is 19.2 Å². The number of carboxylic acids is 1. The summed E-state index contributed by atoms with van der Waals surface area (Å²) in [5.74, 6) is 0.459. The van der Waals surface area contributed by atoms with E-state index < -0.39 is 12.0 Å². The van der Waals surface area contributed by atoms with Gasteiger partial charge in [-0.1, -0.05) is 36.4 Å². The molecule has 2 heterocycles. The van der Waals surface area contributed by atoms with Crippen molar-refractivity contribution < 1.29 is 19.4 Å². The second-order valence-corrected chi connectivity index (χ2v) is 8.35. The first-order chi connectivity index (χ1) is 16.4. The van der Waals surface area contributed by atoms with Gasteiger partial charge >= 0.3 is 5.97 Å². The number of aryl methyl sites for hydroxylation is 1. The van der Waals surface area contributed by atoms with E-state index in [-0.39, 0.29) is 12.3 Å². The van der Waals surface area contributed by atoms with Gasteiger partial charge in [0.05, 0.1) is 18.0 Å². The highest BCUT2D eigenvalue weighted by molar-refractivity contribution is 5.97. The number of carbonyl (C=O) groups excluding carboxylic acids is 1. The number of aliphatic carboxylic acids is 1. The molecule has 1 aliphatic rings. The molecule has 0 saturated carbocycles. The number of ether oxygens (including phenoxy) is 1. The SMILES string of the molecule is Cn1c(N)nc2c(Oc3ccc4c(c3)CCN(C(CC(=O)O)c3ccccc3)C4=O)cccc21. The highest BCUT2D eigenvalue weighted by atomic mass is 16.5. The van der Waals surface area contributed by atoms with E-state index in [1.807, 2.05) is 61.6 Å². The summed E-state index contributed by atoms with van der Waals surface area (Å²) in [7, 11) is 1.85. The number of nitrogens with two attached hydrogens (primary N) is 1. The molecule has 0 bridgehead atoms. The Morgan fingerprint density at radius 1 is 1.15 bits per heavy atom. The van der Waals surface area contributed by atoms with Crippen LogP contribution in [-0.2, 0) is 18.3 Å². The van der Waals surface area contributed by atoms with E-state index in [1.54, 1.807) is 21.6 Å². The van der Waals surface area contributed by atoms with E-state index in [4.69, 9.17) is 10.5 Å². The van der Waals surface area contributed by atoms with Gasteiger partial charge < -0.3 is 25.0 Å². The first-order valence-corrected chi connectivity index (χ1v) is 11.0. The lowest BCUT2D eigenvalue weighted by atomic mass is 9.94. The first-order valence-electron chi connectivity index (χ1n) is 11.0. The summed E-state index contributed by atoms with van der Waals surface area (Å²) in [4.78, 5) is 31.0. The zero-order valence-electron chi connectivity index (χ0n) is 18.6. The summed E-state index contributed by atoms with van der Waals surface area (Å²) in [5, 5.41) is 9.46. The molecule has 3 N–H and O–H groups in total. The molecule has 34 heavy (non-hydrogen) atoms. The molecule has 0 fully saturated rings. The molecule has 0 saturated heterocycles. The van der Waals surface area contributed by atoms with Crippen LogP contribution >= 0.6 is 0 Å². The number of amides is 1. The normalized spacial score (nSPS) is 14.1. The molecule has 8 heteroatoms. The average Bonchev–Trinajstić information content (AvgIpc) is 3.13. The Morgan fingerprint density at radius 3 is 2.71 bits per heavy atom. The highest BCUT2D eigenvalue weighted by Gasteiger charge is 2.32. The maximum atomic E-state index is 13.4. The molecule has 5 rings (SSSR count). The quantitative estimate of drug-likeness (QED) is 0.451. The molecule has 8 nitrogen and oxygen atoms in total. The van der Waals surface area contributed by atoms with Crippen LogP contribution in [0.5, 0.6) is 11.5 Å². The lowest BCUT2D eigenvalue weighted by Gasteiger charge is -2.35. The molecular formula is C26H24N4O4. The Labute approximate surface area is 196 Å². The van der Waals surface area contributed by atoms with Crippen LogP contribution in [-0.4, -0.2) is 38.0 Å². The predicted octanol–water partition coefficient (Wildman–Crippen LogP) is 4.16. The summed E-state index contributed by atoms with van der Waals surface area (Å²) in [6.07, 6.45) is 0.450. The molecule has 0 spiro atoms. The Kier molecular flexibility index (Phi) is 5.41. The second kappa shape index (κ2) is 8.55. The second-order valence-electron chi connectivity index (χ2n) is 8.35. The van der Waals surface area contributed by atoms with Crippen molar-refractivity contribution in [2.75, 3.05) is 12.3 Å². The number of carbonyl (C=O) groups is 2. The van der Waals surface area contributed by atoms with Gasteiger partial charge in [0.1, 0.15) is 11.3 Å². The number of imidazole rings is 1. The van der Waals surface area contributed by atoms with Crippen molar-refractivity contribution in [2.24, 2.45) is 7.05 Å². The smallest absolute Gasteiger partial charge is 0.305 e. The van der Waals surface area contributed by atoms with E-state index in [0.717, 1.165) is 16.6 Å². The van der Waals surface area contributed by atoms with Crippen molar-refractivity contribution in [3.8, 4) is 11.5 Å². The summed E-state index contributed by atoms with van der Waals surface area (Å²) < 4.78 is 7.92. The molecular weight excluding hydrogens is 432 g/mol. The minimum Gasteiger partial charge on any atom is -0.481 e. The lowest BCUT2D eigenvalue weighted by Crippen LogP contribution is -2.41. The molecule has 1 amide bonds. The van der Waals surface area contributed by atoms with E-state index >= 15 is 0 Å². The van der Waals surface area contributed by atoms with Gasteiger partial charge in [-0.2, -0.15) is 0 Å². The number of nitrogens with zero attached hydrogens (tertiary/aromatic N) is 3. The van der Waals surface area contributed by atoms with Crippen LogP contribution in [0.15, 0.2) is 66.7 Å². The number of carboxylic acid groups (broad SMARTS) is 1. The number of rotatable bonds is 6. The Morgan fingerprint density at radius 2 is 1.94 bits per heavy atom. The van der Waals surface area contributed by atoms with Crippen LogP contribution < -0.4 is 10.5 Å². The number of anilines is 1. The largest absolute Gasteiger partial charge is 0.481 e. The number of para-hydroxylation sites is 1. The maximum Gasteiger partial charge on any atom is 0.305 e. The van der Waals surface area contributed by atoms with Gasteiger partial charge in [-0.05, 0) is 47.9 Å². The standard InChI is InChI=1S/C26H24N4O4/c1-29-20-8-5-9-22(24(20)28-26(29)27)34-18-10-11-19-17(14-18)12-13-30(25(19)33)21(15-23(31)32)16-6-3-2-4-7-16/h2-11,14,21H,12-13,15H2,1H3,(H2,27,28)(H,31,32). The maximum absolute atomic E-state index is 13.4. The van der Waals surface area contributed by atoms with Crippen LogP contribution in [0.3, 0.4) is 0 Å². The highest BCUT2D eigenvalue weighted by Crippen LogP contribution is 2.34. The minimum absolute atomic E-state index is 0.149. The van der Waals surface area contributed by atoms with Crippen LogP contribution in [0.2, 0.25) is 0 Å². The Hall–Kier alpha value is -4.33. The number of nitrogen functional groups attached to an aromatic ring is 1. The third-order valence-electron chi connectivity index (χ3n) is 6.26. The van der Waals surface area contributed by atoms with Gasteiger partial charge in [-0.25, -0.2) is 4.98 Å². The Balaban J connectivity index is 1.43. The monoisotopic (exact) mass is 456 g/mol. The summed E-state index contributed by atoms with van der Waals surface area (Å²) >= 11 is 0. The molecule has 1 aliphatic heterocycles. The topological polar surface area (TPSA) is 111 Å². The van der Waals surface area contributed by atoms with Crippen molar-refractivity contribution in [3.63, 3.8) is 0 Å². The fraction of sp³-hybridized carbons (Fsp3) is 0.192. The van der Waals surface area contributed by atoms with E-state index in [9.17, 15) is 14.7 Å². The number of benzene rings is 3. The number of aromatic nitrogens is 2. The van der Waals surface area contributed by atoms with Gasteiger partial charge in [-0.3, -0.25) is 9.59 Å².